The molecule has 2 aromatic carbocycles. The van der Waals surface area contributed by atoms with Crippen LogP contribution in [0.3, 0.4) is 0 Å². The van der Waals surface area contributed by atoms with E-state index >= 15 is 0 Å². The molecule has 0 aliphatic carbocycles. The standard InChI is InChI=1S/C21H14F4N2O4/c1-21(12-3-5-14(23)15(24)8-12,31-17-6-4-13(22)9-16(17)25)20(30)27-18-7-2-11(10-26-18)19(28)29/h2-10H,1H3,(H,28,29)(H,26,27,30). The van der Waals surface area contributed by atoms with E-state index in [2.05, 4.69) is 10.3 Å². The average Bonchev–Trinajstić information content (AvgIpc) is 2.72. The number of halogens is 4. The van der Waals surface area contributed by atoms with Gasteiger partial charge in [0.25, 0.3) is 5.91 Å². The Kier molecular flexibility index (Phi) is 5.91. The normalized spacial score (nSPS) is 12.7. The van der Waals surface area contributed by atoms with E-state index in [9.17, 15) is 27.2 Å². The van der Waals surface area contributed by atoms with Crippen molar-refractivity contribution in [2.45, 2.75) is 12.5 Å². The van der Waals surface area contributed by atoms with E-state index in [1.807, 2.05) is 0 Å². The Morgan fingerprint density at radius 2 is 1.71 bits per heavy atom. The maximum absolute atomic E-state index is 14.2. The molecule has 0 saturated carbocycles. The molecule has 3 rings (SSSR count). The molecule has 3 aromatic rings. The second-order valence-corrected chi connectivity index (χ2v) is 6.53. The maximum atomic E-state index is 14.2. The molecule has 0 radical (unpaired) electrons. The predicted octanol–water partition coefficient (Wildman–Crippen LogP) is 4.27. The van der Waals surface area contributed by atoms with Gasteiger partial charge in [-0.05, 0) is 43.3 Å². The molecule has 1 amide bonds. The van der Waals surface area contributed by atoms with Gasteiger partial charge in [-0.25, -0.2) is 27.3 Å². The zero-order valence-electron chi connectivity index (χ0n) is 15.8. The molecular weight excluding hydrogens is 420 g/mol. The third kappa shape index (κ3) is 4.63. The SMILES string of the molecule is CC(Oc1ccc(F)cc1F)(C(=O)Nc1ccc(C(=O)O)cn1)c1ccc(F)c(F)c1. The van der Waals surface area contributed by atoms with Crippen molar-refractivity contribution in [2.24, 2.45) is 0 Å². The molecule has 2 N–H and O–H groups in total. The topological polar surface area (TPSA) is 88.5 Å². The van der Waals surface area contributed by atoms with Gasteiger partial charge >= 0.3 is 5.97 Å². The minimum absolute atomic E-state index is 0.0769. The number of carboxylic acid groups (broad SMARTS) is 1. The number of hydrogen-bond acceptors (Lipinski definition) is 4. The highest BCUT2D eigenvalue weighted by Crippen LogP contribution is 2.32. The molecule has 0 aliphatic heterocycles. The molecule has 31 heavy (non-hydrogen) atoms. The van der Waals surface area contributed by atoms with Crippen LogP contribution < -0.4 is 10.1 Å². The number of hydrogen-bond donors (Lipinski definition) is 2. The van der Waals surface area contributed by atoms with E-state index in [0.29, 0.717) is 12.1 Å². The molecule has 0 bridgehead atoms. The number of aromatic carboxylic acids is 1. The Labute approximate surface area is 173 Å². The number of aromatic nitrogens is 1. The van der Waals surface area contributed by atoms with Crippen LogP contribution >= 0.6 is 0 Å². The van der Waals surface area contributed by atoms with Gasteiger partial charge in [0.15, 0.2) is 23.2 Å². The lowest BCUT2D eigenvalue weighted by Crippen LogP contribution is -2.43. The van der Waals surface area contributed by atoms with E-state index in [0.717, 1.165) is 30.5 Å². The lowest BCUT2D eigenvalue weighted by molar-refractivity contribution is -0.130. The Bertz CT molecular complexity index is 1150. The summed E-state index contributed by atoms with van der Waals surface area (Å²) in [7, 11) is 0. The van der Waals surface area contributed by atoms with Crippen molar-refractivity contribution in [1.82, 2.24) is 4.98 Å². The summed E-state index contributed by atoms with van der Waals surface area (Å²) in [5, 5.41) is 11.3. The molecule has 0 aliphatic rings. The van der Waals surface area contributed by atoms with Crippen LogP contribution in [0, 0.1) is 23.3 Å². The molecule has 0 saturated heterocycles. The van der Waals surface area contributed by atoms with Crippen molar-refractivity contribution in [3.8, 4) is 5.75 Å². The first kappa shape index (κ1) is 21.8. The smallest absolute Gasteiger partial charge is 0.337 e. The summed E-state index contributed by atoms with van der Waals surface area (Å²) in [6.45, 7) is 1.17. The summed E-state index contributed by atoms with van der Waals surface area (Å²) >= 11 is 0. The number of pyridine rings is 1. The molecule has 0 fully saturated rings. The van der Waals surface area contributed by atoms with Gasteiger partial charge < -0.3 is 15.2 Å². The number of anilines is 1. The van der Waals surface area contributed by atoms with E-state index in [1.54, 1.807) is 0 Å². The summed E-state index contributed by atoms with van der Waals surface area (Å²) in [6, 6.07) is 7.29. The highest BCUT2D eigenvalue weighted by molar-refractivity contribution is 5.97. The fourth-order valence-corrected chi connectivity index (χ4v) is 2.64. The first-order chi connectivity index (χ1) is 14.6. The first-order valence-corrected chi connectivity index (χ1v) is 8.70. The van der Waals surface area contributed by atoms with Gasteiger partial charge in [0.2, 0.25) is 5.60 Å². The van der Waals surface area contributed by atoms with Gasteiger partial charge in [0.1, 0.15) is 11.6 Å². The predicted molar refractivity (Wildman–Crippen MR) is 101 cm³/mol. The zero-order chi connectivity index (χ0) is 22.8. The Morgan fingerprint density at radius 1 is 0.968 bits per heavy atom. The first-order valence-electron chi connectivity index (χ1n) is 8.70. The highest BCUT2D eigenvalue weighted by Gasteiger charge is 2.39. The molecule has 0 spiro atoms. The fourth-order valence-electron chi connectivity index (χ4n) is 2.64. The van der Waals surface area contributed by atoms with Gasteiger partial charge in [-0.2, -0.15) is 0 Å². The molecule has 10 heteroatoms. The van der Waals surface area contributed by atoms with Crippen molar-refractivity contribution in [3.63, 3.8) is 0 Å². The van der Waals surface area contributed by atoms with Gasteiger partial charge in [0, 0.05) is 17.8 Å². The second-order valence-electron chi connectivity index (χ2n) is 6.53. The summed E-state index contributed by atoms with van der Waals surface area (Å²) in [6.07, 6.45) is 0.993. The maximum Gasteiger partial charge on any atom is 0.337 e. The van der Waals surface area contributed by atoms with Crippen LogP contribution in [0.25, 0.3) is 0 Å². The quantitative estimate of drug-likeness (QED) is 0.566. The Hall–Kier alpha value is -3.95. The van der Waals surface area contributed by atoms with E-state index in [-0.39, 0.29) is 16.9 Å². The molecule has 1 heterocycles. The summed E-state index contributed by atoms with van der Waals surface area (Å²) < 4.78 is 60.1. The van der Waals surface area contributed by atoms with E-state index < -0.39 is 46.5 Å². The number of ether oxygens (including phenoxy) is 1. The second kappa shape index (κ2) is 8.42. The number of amides is 1. The highest BCUT2D eigenvalue weighted by atomic mass is 19.2. The van der Waals surface area contributed by atoms with Crippen LogP contribution in [0.5, 0.6) is 5.75 Å². The number of carbonyl (C=O) groups is 2. The van der Waals surface area contributed by atoms with Crippen LogP contribution in [0.1, 0.15) is 22.8 Å². The van der Waals surface area contributed by atoms with Crippen LogP contribution in [0.15, 0.2) is 54.7 Å². The lowest BCUT2D eigenvalue weighted by Gasteiger charge is -2.30. The molecule has 1 atom stereocenters. The zero-order valence-corrected chi connectivity index (χ0v) is 15.8. The summed E-state index contributed by atoms with van der Waals surface area (Å²) in [5.41, 5.74) is -2.42. The van der Waals surface area contributed by atoms with Gasteiger partial charge in [0.05, 0.1) is 5.56 Å². The summed E-state index contributed by atoms with van der Waals surface area (Å²) in [4.78, 5) is 27.7. The van der Waals surface area contributed by atoms with Crippen molar-refractivity contribution in [2.75, 3.05) is 5.32 Å². The fraction of sp³-hybridized carbons (Fsp3) is 0.0952. The number of nitrogens with one attached hydrogen (secondary N) is 1. The molecule has 1 aromatic heterocycles. The van der Waals surface area contributed by atoms with Crippen LogP contribution in [-0.4, -0.2) is 22.0 Å². The molecular formula is C21H14F4N2O4. The minimum Gasteiger partial charge on any atom is -0.478 e. The van der Waals surface area contributed by atoms with E-state index in [4.69, 9.17) is 9.84 Å². The molecule has 1 unspecified atom stereocenters. The van der Waals surface area contributed by atoms with Crippen LogP contribution in [0.4, 0.5) is 23.4 Å². The Balaban J connectivity index is 2.00. The van der Waals surface area contributed by atoms with Gasteiger partial charge in [-0.1, -0.05) is 6.07 Å². The van der Waals surface area contributed by atoms with E-state index in [1.165, 1.54) is 19.1 Å². The van der Waals surface area contributed by atoms with Crippen LogP contribution in [-0.2, 0) is 10.4 Å². The average molecular weight is 434 g/mol. The number of benzene rings is 2. The van der Waals surface area contributed by atoms with Crippen LogP contribution in [0.2, 0.25) is 0 Å². The van der Waals surface area contributed by atoms with Gasteiger partial charge in [-0.15, -0.1) is 0 Å². The van der Waals surface area contributed by atoms with Crippen molar-refractivity contribution in [3.05, 3.63) is 89.1 Å². The number of nitrogens with zero attached hydrogens (tertiary/aromatic N) is 1. The number of rotatable bonds is 6. The Morgan fingerprint density at radius 3 is 2.29 bits per heavy atom. The largest absolute Gasteiger partial charge is 0.478 e. The minimum atomic E-state index is -2.11. The summed E-state index contributed by atoms with van der Waals surface area (Å²) in [5.74, 6) is -7.24. The monoisotopic (exact) mass is 434 g/mol. The van der Waals surface area contributed by atoms with Crippen molar-refractivity contribution < 1.29 is 37.0 Å². The third-order valence-electron chi connectivity index (χ3n) is 4.36. The molecule has 160 valence electrons. The molecule has 6 nitrogen and oxygen atoms in total. The number of carbonyl (C=O) groups excluding carboxylic acids is 1. The van der Waals surface area contributed by atoms with Crippen molar-refractivity contribution >= 4 is 17.7 Å². The lowest BCUT2D eigenvalue weighted by atomic mass is 9.94. The third-order valence-corrected chi connectivity index (χ3v) is 4.36. The van der Waals surface area contributed by atoms with Crippen molar-refractivity contribution in [1.29, 1.82) is 0 Å². The number of carboxylic acids is 1. The van der Waals surface area contributed by atoms with Gasteiger partial charge in [-0.3, -0.25) is 4.79 Å².